The van der Waals surface area contributed by atoms with E-state index in [9.17, 15) is 22.8 Å². The number of hydrogen-bond acceptors (Lipinski definition) is 4. The number of ether oxygens (including phenoxy) is 2. The van der Waals surface area contributed by atoms with Crippen LogP contribution >= 0.6 is 0 Å². The Morgan fingerprint density at radius 3 is 2.32 bits per heavy atom. The van der Waals surface area contributed by atoms with E-state index in [4.69, 9.17) is 9.47 Å². The predicted octanol–water partition coefficient (Wildman–Crippen LogP) is 1.75. The summed E-state index contributed by atoms with van der Waals surface area (Å²) in [4.78, 5) is 23.8. The van der Waals surface area contributed by atoms with E-state index in [-0.39, 0.29) is 13.2 Å². The largest absolute Gasteiger partial charge is 0.452 e. The van der Waals surface area contributed by atoms with Crippen molar-refractivity contribution in [3.8, 4) is 0 Å². The van der Waals surface area contributed by atoms with Gasteiger partial charge in [0, 0.05) is 6.54 Å². The first-order chi connectivity index (χ1) is 8.50. The molecular weight excluding hydrogens is 267 g/mol. The first kappa shape index (κ1) is 15.7. The monoisotopic (exact) mass is 283 g/mol. The van der Waals surface area contributed by atoms with Crippen molar-refractivity contribution in [1.29, 1.82) is 0 Å². The Hall–Kier alpha value is -1.31. The van der Waals surface area contributed by atoms with Gasteiger partial charge in [-0.1, -0.05) is 0 Å². The second-order valence-corrected chi connectivity index (χ2v) is 5.15. The Morgan fingerprint density at radius 2 is 1.84 bits per heavy atom. The fourth-order valence-corrected chi connectivity index (χ4v) is 1.48. The van der Waals surface area contributed by atoms with Gasteiger partial charge < -0.3 is 14.4 Å². The molecule has 1 aliphatic heterocycles. The second kappa shape index (κ2) is 5.36. The van der Waals surface area contributed by atoms with Crippen molar-refractivity contribution in [2.24, 2.45) is 0 Å². The van der Waals surface area contributed by atoms with Crippen LogP contribution in [-0.2, 0) is 14.3 Å². The molecule has 1 amide bonds. The molecule has 0 spiro atoms. The third kappa shape index (κ3) is 4.70. The van der Waals surface area contributed by atoms with Crippen LogP contribution in [-0.4, -0.2) is 54.4 Å². The Morgan fingerprint density at radius 1 is 1.26 bits per heavy atom. The molecule has 110 valence electrons. The van der Waals surface area contributed by atoms with E-state index in [2.05, 4.69) is 0 Å². The summed E-state index contributed by atoms with van der Waals surface area (Å²) in [5.74, 6) is -1.99. The van der Waals surface area contributed by atoms with E-state index in [1.165, 1.54) is 0 Å². The highest BCUT2D eigenvalue weighted by atomic mass is 19.4. The van der Waals surface area contributed by atoms with Gasteiger partial charge in [-0.05, 0) is 20.8 Å². The summed E-state index contributed by atoms with van der Waals surface area (Å²) < 4.78 is 46.6. The number of alkyl halides is 3. The summed E-state index contributed by atoms with van der Waals surface area (Å²) in [7, 11) is 0. The van der Waals surface area contributed by atoms with Gasteiger partial charge >= 0.3 is 12.3 Å². The quantitative estimate of drug-likeness (QED) is 0.735. The zero-order valence-corrected chi connectivity index (χ0v) is 10.9. The molecule has 5 nitrogen and oxygen atoms in total. The van der Waals surface area contributed by atoms with Gasteiger partial charge in [0.25, 0.3) is 5.78 Å². The molecule has 0 aromatic heterocycles. The van der Waals surface area contributed by atoms with Crippen molar-refractivity contribution in [3.63, 3.8) is 0 Å². The lowest BCUT2D eigenvalue weighted by Crippen LogP contribution is -2.52. The molecule has 0 radical (unpaired) electrons. The zero-order valence-electron chi connectivity index (χ0n) is 10.9. The minimum Gasteiger partial charge on any atom is -0.444 e. The van der Waals surface area contributed by atoms with Crippen LogP contribution in [0.1, 0.15) is 20.8 Å². The van der Waals surface area contributed by atoms with Crippen molar-refractivity contribution in [1.82, 2.24) is 4.90 Å². The van der Waals surface area contributed by atoms with Crippen molar-refractivity contribution in [3.05, 3.63) is 0 Å². The number of ketones is 1. The van der Waals surface area contributed by atoms with Gasteiger partial charge in [-0.15, -0.1) is 0 Å². The Bertz CT molecular complexity index is 362. The fourth-order valence-electron chi connectivity index (χ4n) is 1.48. The number of rotatable bonds is 1. The average molecular weight is 283 g/mol. The first-order valence-corrected chi connectivity index (χ1v) is 5.71. The van der Waals surface area contributed by atoms with Gasteiger partial charge in [0.05, 0.1) is 13.2 Å². The van der Waals surface area contributed by atoms with Crippen molar-refractivity contribution < 1.29 is 32.2 Å². The molecule has 1 heterocycles. The van der Waals surface area contributed by atoms with Gasteiger partial charge in [0.2, 0.25) is 0 Å². The first-order valence-electron chi connectivity index (χ1n) is 5.71. The van der Waals surface area contributed by atoms with Gasteiger partial charge in [-0.2, -0.15) is 13.2 Å². The number of nitrogens with zero attached hydrogens (tertiary/aromatic N) is 1. The molecule has 0 N–H and O–H groups in total. The van der Waals surface area contributed by atoms with Crippen molar-refractivity contribution in [2.75, 3.05) is 19.7 Å². The summed E-state index contributed by atoms with van der Waals surface area (Å²) in [6.07, 6.45) is -7.40. The van der Waals surface area contributed by atoms with E-state index in [1.807, 2.05) is 0 Å². The molecule has 0 aliphatic carbocycles. The molecule has 0 aromatic rings. The molecule has 1 atom stereocenters. The molecule has 0 saturated carbocycles. The van der Waals surface area contributed by atoms with Crippen LogP contribution < -0.4 is 0 Å². The molecule has 1 saturated heterocycles. The van der Waals surface area contributed by atoms with Crippen LogP contribution in [0.25, 0.3) is 0 Å². The van der Waals surface area contributed by atoms with E-state index in [1.54, 1.807) is 20.8 Å². The van der Waals surface area contributed by atoms with Crippen LogP contribution in [0.5, 0.6) is 0 Å². The topological polar surface area (TPSA) is 55.8 Å². The third-order valence-electron chi connectivity index (χ3n) is 2.29. The van der Waals surface area contributed by atoms with E-state index >= 15 is 0 Å². The number of morpholine rings is 1. The lowest BCUT2D eigenvalue weighted by atomic mass is 10.2. The van der Waals surface area contributed by atoms with Gasteiger partial charge in [-0.3, -0.25) is 4.79 Å². The number of amides is 1. The standard InChI is InChI=1S/C11H16F3NO4/c1-10(2,3)19-9(17)15-4-5-18-7(6-15)8(16)11(12,13)14/h7H,4-6H2,1-3H3. The maximum absolute atomic E-state index is 12.3. The van der Waals surface area contributed by atoms with Crippen LogP contribution in [0.15, 0.2) is 0 Å². The van der Waals surface area contributed by atoms with E-state index < -0.39 is 36.3 Å². The van der Waals surface area contributed by atoms with Crippen LogP contribution in [0.4, 0.5) is 18.0 Å². The molecular formula is C11H16F3NO4. The lowest BCUT2D eigenvalue weighted by Gasteiger charge is -2.33. The summed E-state index contributed by atoms with van der Waals surface area (Å²) in [5.41, 5.74) is -0.751. The Balaban J connectivity index is 2.65. The second-order valence-electron chi connectivity index (χ2n) is 5.15. The molecule has 0 aromatic carbocycles. The minimum atomic E-state index is -4.97. The molecule has 1 rings (SSSR count). The molecule has 1 unspecified atom stereocenters. The number of carbonyl (C=O) groups excluding carboxylic acids is 2. The van der Waals surface area contributed by atoms with Crippen LogP contribution in [0.3, 0.4) is 0 Å². The van der Waals surface area contributed by atoms with Crippen molar-refractivity contribution in [2.45, 2.75) is 38.7 Å². The van der Waals surface area contributed by atoms with Crippen LogP contribution in [0.2, 0.25) is 0 Å². The zero-order chi connectivity index (χ0) is 14.8. The average Bonchev–Trinajstić information content (AvgIpc) is 2.24. The summed E-state index contributed by atoms with van der Waals surface area (Å²) in [6.45, 7) is 4.44. The number of carbonyl (C=O) groups is 2. The summed E-state index contributed by atoms with van der Waals surface area (Å²) in [6, 6.07) is 0. The molecule has 8 heteroatoms. The molecule has 19 heavy (non-hydrogen) atoms. The minimum absolute atomic E-state index is 0.0938. The fraction of sp³-hybridized carbons (Fsp3) is 0.818. The van der Waals surface area contributed by atoms with E-state index in [0.29, 0.717) is 0 Å². The van der Waals surface area contributed by atoms with Gasteiger partial charge in [0.1, 0.15) is 11.7 Å². The smallest absolute Gasteiger partial charge is 0.444 e. The van der Waals surface area contributed by atoms with Gasteiger partial charge in [-0.25, -0.2) is 4.79 Å². The summed E-state index contributed by atoms with van der Waals surface area (Å²) >= 11 is 0. The third-order valence-corrected chi connectivity index (χ3v) is 2.29. The number of hydrogen-bond donors (Lipinski definition) is 0. The lowest BCUT2D eigenvalue weighted by molar-refractivity contribution is -0.186. The number of Topliss-reactive ketones (excluding diaryl/α,β-unsaturated/α-hetero) is 1. The highest BCUT2D eigenvalue weighted by Gasteiger charge is 2.46. The maximum atomic E-state index is 12.3. The Labute approximate surface area is 108 Å². The predicted molar refractivity (Wildman–Crippen MR) is 58.6 cm³/mol. The SMILES string of the molecule is CC(C)(C)OC(=O)N1CCOC(C(=O)C(F)(F)F)C1. The summed E-state index contributed by atoms with van der Waals surface area (Å²) in [5, 5.41) is 0. The van der Waals surface area contributed by atoms with Crippen LogP contribution in [0, 0.1) is 0 Å². The number of halogens is 3. The van der Waals surface area contributed by atoms with Crippen molar-refractivity contribution >= 4 is 11.9 Å². The highest BCUT2D eigenvalue weighted by molar-refractivity contribution is 5.89. The highest BCUT2D eigenvalue weighted by Crippen LogP contribution is 2.22. The molecule has 0 bridgehead atoms. The van der Waals surface area contributed by atoms with Gasteiger partial charge in [0.15, 0.2) is 0 Å². The Kier molecular flexibility index (Phi) is 4.44. The maximum Gasteiger partial charge on any atom is 0.452 e. The molecule has 1 fully saturated rings. The molecule has 1 aliphatic rings. The van der Waals surface area contributed by atoms with E-state index in [0.717, 1.165) is 4.90 Å². The normalized spacial score (nSPS) is 21.2.